The highest BCUT2D eigenvalue weighted by Gasteiger charge is 2.70. The Labute approximate surface area is 192 Å². The van der Waals surface area contributed by atoms with Crippen molar-refractivity contribution < 1.29 is 32.2 Å². The fourth-order valence-electron chi connectivity index (χ4n) is 4.23. The lowest BCUT2D eigenvalue weighted by Crippen LogP contribution is -2.38. The number of imide groups is 1. The van der Waals surface area contributed by atoms with Crippen molar-refractivity contribution in [3.8, 4) is 17.4 Å². The number of amides is 3. The Bertz CT molecular complexity index is 1250. The third-order valence-electron chi connectivity index (χ3n) is 5.90. The van der Waals surface area contributed by atoms with E-state index in [4.69, 9.17) is 4.74 Å². The van der Waals surface area contributed by atoms with Gasteiger partial charge in [-0.3, -0.25) is 9.69 Å². The van der Waals surface area contributed by atoms with E-state index in [9.17, 15) is 22.8 Å². The van der Waals surface area contributed by atoms with Crippen LogP contribution in [0.4, 0.5) is 29.3 Å². The first kappa shape index (κ1) is 21.7. The Morgan fingerprint density at radius 1 is 0.971 bits per heavy atom. The van der Waals surface area contributed by atoms with E-state index in [2.05, 4.69) is 9.72 Å². The number of halogens is 3. The molecule has 7 nitrogen and oxygen atoms in total. The molecule has 0 N–H and O–H groups in total. The van der Waals surface area contributed by atoms with Crippen molar-refractivity contribution in [1.29, 1.82) is 0 Å². The number of carbonyl (C=O) groups is 2. The van der Waals surface area contributed by atoms with Crippen molar-refractivity contribution in [2.45, 2.75) is 25.2 Å². The minimum absolute atomic E-state index is 0.103. The molecule has 1 aromatic heterocycles. The Morgan fingerprint density at radius 3 is 2.26 bits per heavy atom. The molecule has 2 heterocycles. The van der Waals surface area contributed by atoms with Crippen LogP contribution >= 0.6 is 0 Å². The third kappa shape index (κ3) is 3.70. The Balaban J connectivity index is 1.46. The van der Waals surface area contributed by atoms with Crippen LogP contribution in [0, 0.1) is 5.92 Å². The van der Waals surface area contributed by atoms with E-state index >= 15 is 0 Å². The molecule has 1 aliphatic heterocycles. The van der Waals surface area contributed by atoms with Gasteiger partial charge in [-0.2, -0.15) is 0 Å². The molecule has 3 amide bonds. The van der Waals surface area contributed by atoms with E-state index in [0.717, 1.165) is 17.0 Å². The summed E-state index contributed by atoms with van der Waals surface area (Å²) < 4.78 is 47.0. The van der Waals surface area contributed by atoms with Crippen LogP contribution in [0.3, 0.4) is 0 Å². The molecule has 2 aliphatic rings. The minimum Gasteiger partial charge on any atom is -0.439 e. The molecule has 0 radical (unpaired) electrons. The summed E-state index contributed by atoms with van der Waals surface area (Å²) in [5.74, 6) is -0.170. The monoisotopic (exact) mass is 469 g/mol. The molecule has 2 unspecified atom stereocenters. The van der Waals surface area contributed by atoms with Crippen LogP contribution in [-0.2, 0) is 4.79 Å². The van der Waals surface area contributed by atoms with Gasteiger partial charge in [0.1, 0.15) is 17.0 Å². The predicted octanol–water partition coefficient (Wildman–Crippen LogP) is 5.52. The summed E-state index contributed by atoms with van der Waals surface area (Å²) in [6.07, 6.45) is -2.90. The largest absolute Gasteiger partial charge is 0.573 e. The zero-order chi connectivity index (χ0) is 24.1. The average Bonchev–Trinajstić information content (AvgIpc) is 3.40. The number of hydrogen-bond donors (Lipinski definition) is 0. The van der Waals surface area contributed by atoms with Crippen LogP contribution in [0.5, 0.6) is 17.4 Å². The molecule has 1 spiro atoms. The number of aromatic nitrogens is 1. The van der Waals surface area contributed by atoms with Gasteiger partial charge in [0, 0.05) is 12.3 Å². The molecule has 2 atom stereocenters. The van der Waals surface area contributed by atoms with Gasteiger partial charge in [-0.05, 0) is 54.8 Å². The fraction of sp³-hybridized carbons (Fsp3) is 0.208. The maximum Gasteiger partial charge on any atom is 0.573 e. The fourth-order valence-corrected chi connectivity index (χ4v) is 4.23. The summed E-state index contributed by atoms with van der Waals surface area (Å²) >= 11 is 0. The number of ether oxygens (including phenoxy) is 2. The molecule has 174 valence electrons. The smallest absolute Gasteiger partial charge is 0.439 e. The molecule has 1 aliphatic carbocycles. The van der Waals surface area contributed by atoms with Crippen LogP contribution in [0.2, 0.25) is 0 Å². The lowest BCUT2D eigenvalue weighted by molar-refractivity contribution is -0.274. The van der Waals surface area contributed by atoms with Gasteiger partial charge in [0.15, 0.2) is 0 Å². The van der Waals surface area contributed by atoms with Gasteiger partial charge in [-0.1, -0.05) is 25.1 Å². The Hall–Kier alpha value is -4.08. The molecule has 1 saturated carbocycles. The van der Waals surface area contributed by atoms with Crippen LogP contribution in [0.1, 0.15) is 13.3 Å². The van der Waals surface area contributed by atoms with Crippen molar-refractivity contribution in [2.24, 2.45) is 5.92 Å². The Kier molecular flexibility index (Phi) is 4.96. The maximum atomic E-state index is 13.5. The first-order valence-electron chi connectivity index (χ1n) is 10.4. The molecule has 2 fully saturated rings. The number of anilines is 2. The van der Waals surface area contributed by atoms with Crippen LogP contribution in [-0.4, -0.2) is 28.8 Å². The quantitative estimate of drug-likeness (QED) is 0.460. The summed E-state index contributed by atoms with van der Waals surface area (Å²) in [6.45, 7) is 1.87. The summed E-state index contributed by atoms with van der Waals surface area (Å²) in [5, 5.41) is 0. The van der Waals surface area contributed by atoms with Gasteiger partial charge in [-0.15, -0.1) is 13.2 Å². The summed E-state index contributed by atoms with van der Waals surface area (Å²) in [7, 11) is 0. The molecule has 1 saturated heterocycles. The highest BCUT2D eigenvalue weighted by Crippen LogP contribution is 2.55. The topological polar surface area (TPSA) is 72.0 Å². The van der Waals surface area contributed by atoms with E-state index in [-0.39, 0.29) is 17.5 Å². The molecule has 3 aromatic rings. The van der Waals surface area contributed by atoms with Crippen molar-refractivity contribution in [3.63, 3.8) is 0 Å². The molecule has 34 heavy (non-hydrogen) atoms. The van der Waals surface area contributed by atoms with Crippen LogP contribution < -0.4 is 19.3 Å². The van der Waals surface area contributed by atoms with E-state index in [1.54, 1.807) is 24.3 Å². The molecular weight excluding hydrogens is 451 g/mol. The second-order valence-corrected chi connectivity index (χ2v) is 8.10. The molecule has 2 aromatic carbocycles. The Morgan fingerprint density at radius 2 is 1.65 bits per heavy atom. The van der Waals surface area contributed by atoms with Crippen molar-refractivity contribution in [3.05, 3.63) is 72.9 Å². The van der Waals surface area contributed by atoms with Gasteiger partial charge in [0.2, 0.25) is 5.88 Å². The number of para-hydroxylation sites is 1. The highest BCUT2D eigenvalue weighted by molar-refractivity contribution is 6.31. The van der Waals surface area contributed by atoms with E-state index in [1.807, 2.05) is 25.1 Å². The van der Waals surface area contributed by atoms with E-state index in [1.165, 1.54) is 23.2 Å². The van der Waals surface area contributed by atoms with Crippen LogP contribution in [0.25, 0.3) is 0 Å². The van der Waals surface area contributed by atoms with Gasteiger partial charge in [-0.25, -0.2) is 14.7 Å². The average molecular weight is 469 g/mol. The first-order chi connectivity index (χ1) is 16.2. The molecule has 5 rings (SSSR count). The lowest BCUT2D eigenvalue weighted by atomic mass is 10.1. The van der Waals surface area contributed by atoms with Gasteiger partial charge < -0.3 is 9.47 Å². The van der Waals surface area contributed by atoms with Gasteiger partial charge in [0.05, 0.1) is 11.4 Å². The summed E-state index contributed by atoms with van der Waals surface area (Å²) in [4.78, 5) is 33.4. The van der Waals surface area contributed by atoms with Gasteiger partial charge >= 0.3 is 12.4 Å². The highest BCUT2D eigenvalue weighted by atomic mass is 19.4. The second kappa shape index (κ2) is 7.75. The van der Waals surface area contributed by atoms with Crippen LogP contribution in [0.15, 0.2) is 72.9 Å². The normalized spacial score (nSPS) is 21.8. The molecular formula is C24H18F3N3O4. The summed E-state index contributed by atoms with van der Waals surface area (Å²) in [5.41, 5.74) is -0.479. The summed E-state index contributed by atoms with van der Waals surface area (Å²) in [6, 6.07) is 16.2. The zero-order valence-corrected chi connectivity index (χ0v) is 17.8. The van der Waals surface area contributed by atoms with Crippen molar-refractivity contribution in [2.75, 3.05) is 9.80 Å². The molecule has 10 heteroatoms. The number of pyridine rings is 1. The number of urea groups is 1. The van der Waals surface area contributed by atoms with E-state index < -0.39 is 29.6 Å². The number of hydrogen-bond acceptors (Lipinski definition) is 5. The SMILES string of the molecule is CC1CC12C(=O)N(c1ccc(OC(F)(F)F)cc1)C(=O)N2c1ccnc(Oc2ccccc2)c1. The second-order valence-electron chi connectivity index (χ2n) is 8.10. The number of benzene rings is 2. The number of alkyl halides is 3. The van der Waals surface area contributed by atoms with Gasteiger partial charge in [0.25, 0.3) is 5.91 Å². The number of nitrogens with zero attached hydrogens (tertiary/aromatic N) is 3. The third-order valence-corrected chi connectivity index (χ3v) is 5.90. The maximum absolute atomic E-state index is 13.5. The molecule has 0 bridgehead atoms. The predicted molar refractivity (Wildman–Crippen MR) is 116 cm³/mol. The zero-order valence-electron chi connectivity index (χ0n) is 17.8. The van der Waals surface area contributed by atoms with Crippen molar-refractivity contribution in [1.82, 2.24) is 4.98 Å². The number of rotatable bonds is 5. The number of carbonyl (C=O) groups excluding carboxylic acids is 2. The lowest BCUT2D eigenvalue weighted by Gasteiger charge is -2.22. The standard InChI is InChI=1S/C24H18F3N3O4/c1-15-14-23(15)21(31)29(16-7-9-19(10-8-16)34-24(25,26)27)22(32)30(23)17-11-12-28-20(13-17)33-18-5-3-2-4-6-18/h2-13,15H,14H2,1H3. The van der Waals surface area contributed by atoms with E-state index in [0.29, 0.717) is 17.9 Å². The first-order valence-corrected chi connectivity index (χ1v) is 10.4. The van der Waals surface area contributed by atoms with Crippen molar-refractivity contribution >= 4 is 23.3 Å². The minimum atomic E-state index is -4.84.